The standard InChI is InChI=1S/C23H27Cl2N3O/c1-26-12-14-27(15-13-26)22-5-3-2-4-17(22)6-7-18-10-11-28(23(18)29)19-8-9-20(24)21(25)16-19/h2-5,8-9,16,18H,6-7,10-15H2,1H3. The number of likely N-dealkylation sites (N-methyl/N-ethyl adjacent to an activating group) is 1. The van der Waals surface area contributed by atoms with Gasteiger partial charge in [-0.2, -0.15) is 0 Å². The molecular formula is C23H27Cl2N3O. The highest BCUT2D eigenvalue weighted by Crippen LogP contribution is 2.33. The average molecular weight is 432 g/mol. The topological polar surface area (TPSA) is 26.8 Å². The molecule has 154 valence electrons. The Kier molecular flexibility index (Phi) is 6.33. The fraction of sp³-hybridized carbons (Fsp3) is 0.435. The average Bonchev–Trinajstić information content (AvgIpc) is 3.10. The van der Waals surface area contributed by atoms with Crippen molar-refractivity contribution in [3.8, 4) is 0 Å². The molecule has 4 nitrogen and oxygen atoms in total. The van der Waals surface area contributed by atoms with Crippen molar-refractivity contribution in [3.05, 3.63) is 58.1 Å². The van der Waals surface area contributed by atoms with Crippen molar-refractivity contribution in [1.29, 1.82) is 0 Å². The molecule has 0 radical (unpaired) electrons. The molecule has 0 aliphatic carbocycles. The summed E-state index contributed by atoms with van der Waals surface area (Å²) in [6.07, 6.45) is 2.69. The van der Waals surface area contributed by atoms with Gasteiger partial charge in [0.25, 0.3) is 0 Å². The van der Waals surface area contributed by atoms with Crippen molar-refractivity contribution in [2.24, 2.45) is 5.92 Å². The maximum atomic E-state index is 13.0. The Morgan fingerprint density at radius 3 is 2.48 bits per heavy atom. The molecule has 2 heterocycles. The zero-order chi connectivity index (χ0) is 20.4. The Balaban J connectivity index is 1.41. The van der Waals surface area contributed by atoms with Gasteiger partial charge in [0.15, 0.2) is 0 Å². The Hall–Kier alpha value is -1.75. The Morgan fingerprint density at radius 2 is 1.72 bits per heavy atom. The summed E-state index contributed by atoms with van der Waals surface area (Å²) in [4.78, 5) is 19.7. The lowest BCUT2D eigenvalue weighted by Crippen LogP contribution is -2.44. The number of amides is 1. The van der Waals surface area contributed by atoms with Crippen molar-refractivity contribution >= 4 is 40.5 Å². The molecule has 0 spiro atoms. The Labute approximate surface area is 183 Å². The largest absolute Gasteiger partial charge is 0.369 e. The summed E-state index contributed by atoms with van der Waals surface area (Å²) in [5.41, 5.74) is 3.51. The van der Waals surface area contributed by atoms with E-state index in [0.717, 1.165) is 57.7 Å². The van der Waals surface area contributed by atoms with Crippen LogP contribution in [0.25, 0.3) is 0 Å². The van der Waals surface area contributed by atoms with Crippen LogP contribution in [0.2, 0.25) is 10.0 Å². The minimum absolute atomic E-state index is 0.0602. The number of benzene rings is 2. The van der Waals surface area contributed by atoms with Gasteiger partial charge in [-0.15, -0.1) is 0 Å². The van der Waals surface area contributed by atoms with Crippen molar-refractivity contribution < 1.29 is 4.79 Å². The van der Waals surface area contributed by atoms with Gasteiger partial charge in [0, 0.05) is 50.0 Å². The van der Waals surface area contributed by atoms with Crippen LogP contribution in [0.1, 0.15) is 18.4 Å². The van der Waals surface area contributed by atoms with Crippen LogP contribution in [0.5, 0.6) is 0 Å². The number of nitrogens with zero attached hydrogens (tertiary/aromatic N) is 3. The molecule has 1 atom stereocenters. The van der Waals surface area contributed by atoms with E-state index >= 15 is 0 Å². The Bertz CT molecular complexity index is 880. The third-order valence-corrected chi connectivity index (χ3v) is 6.87. The van der Waals surface area contributed by atoms with Crippen molar-refractivity contribution in [2.75, 3.05) is 49.6 Å². The first-order chi connectivity index (χ1) is 14.0. The smallest absolute Gasteiger partial charge is 0.230 e. The van der Waals surface area contributed by atoms with Gasteiger partial charge in [0.1, 0.15) is 0 Å². The van der Waals surface area contributed by atoms with Crippen molar-refractivity contribution in [1.82, 2.24) is 4.90 Å². The normalized spacial score (nSPS) is 20.5. The summed E-state index contributed by atoms with van der Waals surface area (Å²) in [6.45, 7) is 5.03. The molecule has 2 aromatic rings. The summed E-state index contributed by atoms with van der Waals surface area (Å²) in [6, 6.07) is 14.1. The number of anilines is 2. The highest BCUT2D eigenvalue weighted by molar-refractivity contribution is 6.42. The molecule has 0 aromatic heterocycles. The molecule has 2 aromatic carbocycles. The van der Waals surface area contributed by atoms with Crippen LogP contribution in [-0.4, -0.2) is 50.6 Å². The van der Waals surface area contributed by atoms with E-state index in [4.69, 9.17) is 23.2 Å². The predicted molar refractivity (Wildman–Crippen MR) is 121 cm³/mol. The van der Waals surface area contributed by atoms with Crippen LogP contribution in [0, 0.1) is 5.92 Å². The van der Waals surface area contributed by atoms with E-state index in [0.29, 0.717) is 10.0 Å². The molecule has 0 N–H and O–H groups in total. The number of halogens is 2. The maximum absolute atomic E-state index is 13.0. The fourth-order valence-corrected chi connectivity index (χ4v) is 4.62. The quantitative estimate of drug-likeness (QED) is 0.684. The number of carbonyl (C=O) groups is 1. The second-order valence-corrected chi connectivity index (χ2v) is 8.85. The summed E-state index contributed by atoms with van der Waals surface area (Å²) < 4.78 is 0. The first-order valence-electron chi connectivity index (χ1n) is 10.3. The van der Waals surface area contributed by atoms with Gasteiger partial charge in [-0.3, -0.25) is 4.79 Å². The maximum Gasteiger partial charge on any atom is 0.230 e. The number of piperazine rings is 1. The number of para-hydroxylation sites is 1. The van der Waals surface area contributed by atoms with Gasteiger partial charge >= 0.3 is 0 Å². The molecular weight excluding hydrogens is 405 g/mol. The molecule has 29 heavy (non-hydrogen) atoms. The minimum atomic E-state index is 0.0602. The predicted octanol–water partition coefficient (Wildman–Crippen LogP) is 4.73. The summed E-state index contributed by atoms with van der Waals surface area (Å²) in [5, 5.41) is 1.00. The lowest BCUT2D eigenvalue weighted by Gasteiger charge is -2.35. The first-order valence-corrected chi connectivity index (χ1v) is 11.1. The molecule has 2 fully saturated rings. The van der Waals surface area contributed by atoms with E-state index in [1.807, 2.05) is 11.0 Å². The van der Waals surface area contributed by atoms with E-state index < -0.39 is 0 Å². The number of hydrogen-bond acceptors (Lipinski definition) is 3. The number of carbonyl (C=O) groups excluding carboxylic acids is 1. The zero-order valence-electron chi connectivity index (χ0n) is 16.8. The van der Waals surface area contributed by atoms with Crippen molar-refractivity contribution in [2.45, 2.75) is 19.3 Å². The van der Waals surface area contributed by atoms with E-state index in [1.165, 1.54) is 11.3 Å². The number of rotatable bonds is 5. The molecule has 6 heteroatoms. The lowest BCUT2D eigenvalue weighted by molar-refractivity contribution is -0.120. The van der Waals surface area contributed by atoms with Gasteiger partial charge in [0.05, 0.1) is 10.0 Å². The molecule has 4 rings (SSSR count). The fourth-order valence-electron chi connectivity index (χ4n) is 4.32. The van der Waals surface area contributed by atoms with Crippen LogP contribution in [0.3, 0.4) is 0 Å². The van der Waals surface area contributed by atoms with Crippen LogP contribution in [0.4, 0.5) is 11.4 Å². The van der Waals surface area contributed by atoms with Gasteiger partial charge < -0.3 is 14.7 Å². The molecule has 1 amide bonds. The lowest BCUT2D eigenvalue weighted by atomic mass is 9.97. The third-order valence-electron chi connectivity index (χ3n) is 6.13. The van der Waals surface area contributed by atoms with Crippen molar-refractivity contribution in [3.63, 3.8) is 0 Å². The van der Waals surface area contributed by atoms with E-state index in [-0.39, 0.29) is 11.8 Å². The molecule has 1 unspecified atom stereocenters. The van der Waals surface area contributed by atoms with E-state index in [2.05, 4.69) is 41.1 Å². The van der Waals surface area contributed by atoms with Crippen LogP contribution >= 0.6 is 23.2 Å². The SMILES string of the molecule is CN1CCN(c2ccccc2CCC2CCN(c3ccc(Cl)c(Cl)c3)C2=O)CC1. The Morgan fingerprint density at radius 1 is 0.966 bits per heavy atom. The molecule has 2 aliphatic rings. The van der Waals surface area contributed by atoms with Crippen LogP contribution < -0.4 is 9.80 Å². The van der Waals surface area contributed by atoms with Crippen LogP contribution in [-0.2, 0) is 11.2 Å². The highest BCUT2D eigenvalue weighted by Gasteiger charge is 2.32. The van der Waals surface area contributed by atoms with Gasteiger partial charge in [-0.1, -0.05) is 41.4 Å². The van der Waals surface area contributed by atoms with Gasteiger partial charge in [0.2, 0.25) is 5.91 Å². The first kappa shape index (κ1) is 20.5. The highest BCUT2D eigenvalue weighted by atomic mass is 35.5. The van der Waals surface area contributed by atoms with Gasteiger partial charge in [-0.05, 0) is 56.1 Å². The molecule has 0 bridgehead atoms. The van der Waals surface area contributed by atoms with Gasteiger partial charge in [-0.25, -0.2) is 0 Å². The number of hydrogen-bond donors (Lipinski definition) is 0. The van der Waals surface area contributed by atoms with Crippen LogP contribution in [0.15, 0.2) is 42.5 Å². The second-order valence-electron chi connectivity index (χ2n) is 8.03. The number of aryl methyl sites for hydroxylation is 1. The summed E-state index contributed by atoms with van der Waals surface area (Å²) in [7, 11) is 2.18. The summed E-state index contributed by atoms with van der Waals surface area (Å²) in [5.74, 6) is 0.255. The second kappa shape index (κ2) is 8.95. The monoisotopic (exact) mass is 431 g/mol. The molecule has 0 saturated carbocycles. The van der Waals surface area contributed by atoms with E-state index in [9.17, 15) is 4.79 Å². The molecule has 2 aliphatic heterocycles. The van der Waals surface area contributed by atoms with E-state index in [1.54, 1.807) is 12.1 Å². The molecule has 2 saturated heterocycles. The minimum Gasteiger partial charge on any atom is -0.369 e. The third kappa shape index (κ3) is 4.55. The zero-order valence-corrected chi connectivity index (χ0v) is 18.3. The summed E-state index contributed by atoms with van der Waals surface area (Å²) >= 11 is 12.2.